The number of nitrogens with zero attached hydrogens (tertiary/aromatic N) is 4. The van der Waals surface area contributed by atoms with Crippen molar-refractivity contribution in [1.29, 1.82) is 0 Å². The topological polar surface area (TPSA) is 35.6 Å². The van der Waals surface area contributed by atoms with Crippen LogP contribution in [-0.2, 0) is 0 Å². The second-order valence-corrected chi connectivity index (χ2v) is 12.5. The fourth-order valence-electron chi connectivity index (χ4n) is 6.97. The Morgan fingerprint density at radius 3 is 2.16 bits per heavy atom. The predicted molar refractivity (Wildman–Crippen MR) is 186 cm³/mol. The zero-order valence-corrected chi connectivity index (χ0v) is 24.9. The van der Waals surface area contributed by atoms with Gasteiger partial charge < -0.3 is 9.13 Å². The second kappa shape index (κ2) is 9.42. The SMILES string of the molecule is c1ccc(-n2c3ccccc3c3c4ccn(-c5ccc(-c6nc7c8c(cccc8n6)Sc6ccccc6-7)cc5)c4ccc32)cc1. The lowest BCUT2D eigenvalue weighted by Crippen LogP contribution is -2.00. The maximum absolute atomic E-state index is 5.14. The Hall–Kier alpha value is -5.65. The van der Waals surface area contributed by atoms with E-state index in [2.05, 4.69) is 155 Å². The van der Waals surface area contributed by atoms with Gasteiger partial charge in [-0.2, -0.15) is 0 Å². The number of hydrogen-bond acceptors (Lipinski definition) is 3. The Balaban J connectivity index is 1.10. The van der Waals surface area contributed by atoms with Gasteiger partial charge in [0.15, 0.2) is 5.82 Å². The minimum atomic E-state index is 0.746. The number of aromatic nitrogens is 4. The zero-order chi connectivity index (χ0) is 29.5. The van der Waals surface area contributed by atoms with Crippen molar-refractivity contribution in [2.45, 2.75) is 9.79 Å². The van der Waals surface area contributed by atoms with Gasteiger partial charge in [-0.05, 0) is 78.9 Å². The lowest BCUT2D eigenvalue weighted by Gasteiger charge is -2.19. The molecule has 45 heavy (non-hydrogen) atoms. The molecule has 0 saturated carbocycles. The number of rotatable bonds is 3. The molecule has 0 spiro atoms. The van der Waals surface area contributed by atoms with E-state index in [0.29, 0.717) is 0 Å². The second-order valence-electron chi connectivity index (χ2n) is 11.5. The molecule has 3 aromatic heterocycles. The molecule has 0 radical (unpaired) electrons. The molecule has 210 valence electrons. The van der Waals surface area contributed by atoms with E-state index >= 15 is 0 Å². The fraction of sp³-hybridized carbons (Fsp3) is 0. The van der Waals surface area contributed by atoms with E-state index in [1.165, 1.54) is 53.8 Å². The average molecular weight is 593 g/mol. The molecular formula is C40H24N4S. The monoisotopic (exact) mass is 592 g/mol. The molecule has 0 atom stereocenters. The summed E-state index contributed by atoms with van der Waals surface area (Å²) in [5.74, 6) is 0.746. The highest BCUT2D eigenvalue weighted by Crippen LogP contribution is 2.47. The van der Waals surface area contributed by atoms with Crippen LogP contribution >= 0.6 is 11.8 Å². The molecule has 0 saturated heterocycles. The Kier molecular flexibility index (Phi) is 5.18. The van der Waals surface area contributed by atoms with Crippen molar-refractivity contribution in [3.8, 4) is 34.0 Å². The highest BCUT2D eigenvalue weighted by Gasteiger charge is 2.22. The van der Waals surface area contributed by atoms with Crippen LogP contribution in [0.15, 0.2) is 156 Å². The largest absolute Gasteiger partial charge is 0.317 e. The van der Waals surface area contributed by atoms with Crippen LogP contribution in [0, 0.1) is 0 Å². The summed E-state index contributed by atoms with van der Waals surface area (Å²) in [6.45, 7) is 0. The first-order chi connectivity index (χ1) is 22.3. The molecule has 0 bridgehead atoms. The molecule has 6 aromatic carbocycles. The van der Waals surface area contributed by atoms with Crippen LogP contribution in [0.4, 0.5) is 0 Å². The highest BCUT2D eigenvalue weighted by atomic mass is 32.2. The molecule has 4 nitrogen and oxygen atoms in total. The van der Waals surface area contributed by atoms with E-state index in [9.17, 15) is 0 Å². The van der Waals surface area contributed by atoms with Gasteiger partial charge >= 0.3 is 0 Å². The van der Waals surface area contributed by atoms with Gasteiger partial charge in [0, 0.05) is 60.0 Å². The van der Waals surface area contributed by atoms with E-state index in [0.717, 1.165) is 33.7 Å². The van der Waals surface area contributed by atoms with Gasteiger partial charge in [-0.15, -0.1) is 0 Å². The number of benzene rings is 6. The molecule has 0 N–H and O–H groups in total. The summed E-state index contributed by atoms with van der Waals surface area (Å²) in [4.78, 5) is 12.6. The smallest absolute Gasteiger partial charge is 0.160 e. The molecule has 1 aliphatic heterocycles. The first-order valence-electron chi connectivity index (χ1n) is 15.1. The van der Waals surface area contributed by atoms with Crippen molar-refractivity contribution < 1.29 is 0 Å². The van der Waals surface area contributed by atoms with Gasteiger partial charge in [0.1, 0.15) is 0 Å². The first kappa shape index (κ1) is 24.8. The predicted octanol–water partition coefficient (Wildman–Crippen LogP) is 10.5. The third-order valence-corrected chi connectivity index (χ3v) is 10.1. The summed E-state index contributed by atoms with van der Waals surface area (Å²) in [5.41, 5.74) is 10.0. The van der Waals surface area contributed by atoms with Crippen LogP contribution in [0.1, 0.15) is 0 Å². The minimum Gasteiger partial charge on any atom is -0.317 e. The Morgan fingerprint density at radius 1 is 0.489 bits per heavy atom. The van der Waals surface area contributed by atoms with Crippen LogP contribution in [0.5, 0.6) is 0 Å². The molecule has 10 rings (SSSR count). The molecule has 1 aliphatic rings. The highest BCUT2D eigenvalue weighted by molar-refractivity contribution is 7.99. The summed E-state index contributed by atoms with van der Waals surface area (Å²) >= 11 is 1.79. The van der Waals surface area contributed by atoms with Crippen molar-refractivity contribution in [2.75, 3.05) is 0 Å². The third-order valence-electron chi connectivity index (χ3n) is 8.97. The Bertz CT molecular complexity index is 2610. The summed E-state index contributed by atoms with van der Waals surface area (Å²) in [7, 11) is 0. The number of fused-ring (bicyclic) bond motifs is 7. The van der Waals surface area contributed by atoms with Crippen LogP contribution < -0.4 is 0 Å². The summed E-state index contributed by atoms with van der Waals surface area (Å²) < 4.78 is 4.64. The minimum absolute atomic E-state index is 0.746. The molecular weight excluding hydrogens is 569 g/mol. The molecule has 5 heteroatoms. The van der Waals surface area contributed by atoms with Crippen LogP contribution in [-0.4, -0.2) is 19.1 Å². The average Bonchev–Trinajstić information content (AvgIpc) is 3.68. The van der Waals surface area contributed by atoms with Crippen molar-refractivity contribution in [3.63, 3.8) is 0 Å². The van der Waals surface area contributed by atoms with E-state index in [4.69, 9.17) is 9.97 Å². The number of hydrogen-bond donors (Lipinski definition) is 0. The fourth-order valence-corrected chi connectivity index (χ4v) is 8.07. The third kappa shape index (κ3) is 3.62. The maximum Gasteiger partial charge on any atom is 0.160 e. The van der Waals surface area contributed by atoms with Crippen molar-refractivity contribution in [2.24, 2.45) is 0 Å². The zero-order valence-electron chi connectivity index (χ0n) is 24.1. The van der Waals surface area contributed by atoms with Gasteiger partial charge in [0.2, 0.25) is 0 Å². The Labute approximate surface area is 263 Å². The van der Waals surface area contributed by atoms with E-state index in [1.54, 1.807) is 11.8 Å². The summed E-state index contributed by atoms with van der Waals surface area (Å²) in [6, 6.07) is 49.6. The van der Waals surface area contributed by atoms with Crippen LogP contribution in [0.3, 0.4) is 0 Å². The Morgan fingerprint density at radius 2 is 1.24 bits per heavy atom. The molecule has 0 fully saturated rings. The van der Waals surface area contributed by atoms with Crippen molar-refractivity contribution >= 4 is 55.4 Å². The molecule has 0 aliphatic carbocycles. The molecule has 4 heterocycles. The van der Waals surface area contributed by atoms with Gasteiger partial charge in [-0.1, -0.05) is 72.4 Å². The molecule has 0 amide bonds. The summed E-state index contributed by atoms with van der Waals surface area (Å²) in [5, 5.41) is 4.92. The standard InChI is InChI=1S/C40H24N4S/c1-2-9-27(10-3-1)44-33-14-6-4-11-28(33)37-29-23-24-43(32(29)21-22-34(37)44)26-19-17-25(18-20-26)40-41-31-13-8-16-36-38(31)39(42-40)30-12-5-7-15-35(30)45-36/h1-24H. The van der Waals surface area contributed by atoms with Gasteiger partial charge in [0.05, 0.1) is 27.8 Å². The van der Waals surface area contributed by atoms with Crippen LogP contribution in [0.25, 0.3) is 77.6 Å². The summed E-state index contributed by atoms with van der Waals surface area (Å²) in [6.07, 6.45) is 2.18. The molecule has 9 aromatic rings. The first-order valence-corrected chi connectivity index (χ1v) is 15.9. The number of para-hydroxylation sites is 2. The normalized spacial score (nSPS) is 12.4. The van der Waals surface area contributed by atoms with Crippen molar-refractivity contribution in [3.05, 3.63) is 146 Å². The maximum atomic E-state index is 5.14. The molecule has 0 unspecified atom stereocenters. The quantitative estimate of drug-likeness (QED) is 0.205. The lowest BCUT2D eigenvalue weighted by molar-refractivity contribution is 1.12. The van der Waals surface area contributed by atoms with E-state index < -0.39 is 0 Å². The van der Waals surface area contributed by atoms with Crippen LogP contribution in [0.2, 0.25) is 0 Å². The lowest BCUT2D eigenvalue weighted by atomic mass is 10.0. The van der Waals surface area contributed by atoms with Gasteiger partial charge in [-0.25, -0.2) is 9.97 Å². The van der Waals surface area contributed by atoms with E-state index in [-0.39, 0.29) is 0 Å². The van der Waals surface area contributed by atoms with E-state index in [1.807, 2.05) is 0 Å². The van der Waals surface area contributed by atoms with Gasteiger partial charge in [-0.3, -0.25) is 0 Å². The van der Waals surface area contributed by atoms with Crippen molar-refractivity contribution in [1.82, 2.24) is 19.1 Å². The van der Waals surface area contributed by atoms with Gasteiger partial charge in [0.25, 0.3) is 0 Å².